The number of aryl methyl sites for hydroxylation is 1. The SMILES string of the molecule is CCc1ccc(N(C)C(=O)c2ccccc2CCN)cc1. The molecular weight excluding hydrogens is 260 g/mol. The van der Waals surface area contributed by atoms with Crippen molar-refractivity contribution in [1.82, 2.24) is 0 Å². The van der Waals surface area contributed by atoms with Gasteiger partial charge in [-0.25, -0.2) is 0 Å². The molecule has 0 unspecified atom stereocenters. The van der Waals surface area contributed by atoms with Gasteiger partial charge in [0.25, 0.3) is 5.91 Å². The number of nitrogens with zero attached hydrogens (tertiary/aromatic N) is 1. The third-order valence-corrected chi connectivity index (χ3v) is 3.70. The summed E-state index contributed by atoms with van der Waals surface area (Å²) in [7, 11) is 1.81. The van der Waals surface area contributed by atoms with Crippen LogP contribution in [0.15, 0.2) is 48.5 Å². The first-order chi connectivity index (χ1) is 10.2. The van der Waals surface area contributed by atoms with Crippen LogP contribution in [0.3, 0.4) is 0 Å². The molecule has 0 atom stereocenters. The van der Waals surface area contributed by atoms with Crippen LogP contribution in [-0.2, 0) is 12.8 Å². The molecule has 0 saturated heterocycles. The van der Waals surface area contributed by atoms with Gasteiger partial charge in [0.1, 0.15) is 0 Å². The van der Waals surface area contributed by atoms with Gasteiger partial charge in [-0.2, -0.15) is 0 Å². The number of anilines is 1. The highest BCUT2D eigenvalue weighted by atomic mass is 16.2. The first-order valence-corrected chi connectivity index (χ1v) is 7.32. The van der Waals surface area contributed by atoms with Crippen molar-refractivity contribution in [2.45, 2.75) is 19.8 Å². The highest BCUT2D eigenvalue weighted by Gasteiger charge is 2.16. The van der Waals surface area contributed by atoms with Crippen molar-refractivity contribution in [2.24, 2.45) is 5.73 Å². The minimum absolute atomic E-state index is 0.00305. The van der Waals surface area contributed by atoms with Crippen LogP contribution in [0.1, 0.15) is 28.4 Å². The molecule has 0 saturated carbocycles. The molecule has 0 aromatic heterocycles. The Hall–Kier alpha value is -2.13. The van der Waals surface area contributed by atoms with Crippen LogP contribution < -0.4 is 10.6 Å². The van der Waals surface area contributed by atoms with Crippen LogP contribution in [0, 0.1) is 0 Å². The van der Waals surface area contributed by atoms with E-state index in [1.165, 1.54) is 5.56 Å². The van der Waals surface area contributed by atoms with Crippen molar-refractivity contribution in [3.05, 3.63) is 65.2 Å². The minimum Gasteiger partial charge on any atom is -0.330 e. The second-order valence-corrected chi connectivity index (χ2v) is 5.08. The van der Waals surface area contributed by atoms with E-state index >= 15 is 0 Å². The number of rotatable bonds is 5. The lowest BCUT2D eigenvalue weighted by Gasteiger charge is -2.19. The molecule has 0 heterocycles. The lowest BCUT2D eigenvalue weighted by Crippen LogP contribution is -2.27. The predicted molar refractivity (Wildman–Crippen MR) is 87.8 cm³/mol. The first kappa shape index (κ1) is 15.3. The van der Waals surface area contributed by atoms with E-state index in [4.69, 9.17) is 5.73 Å². The van der Waals surface area contributed by atoms with Gasteiger partial charge >= 0.3 is 0 Å². The van der Waals surface area contributed by atoms with Gasteiger partial charge in [0.15, 0.2) is 0 Å². The monoisotopic (exact) mass is 282 g/mol. The number of nitrogens with two attached hydrogens (primary N) is 1. The average molecular weight is 282 g/mol. The van der Waals surface area contributed by atoms with Gasteiger partial charge in [-0.1, -0.05) is 37.3 Å². The van der Waals surface area contributed by atoms with Gasteiger partial charge < -0.3 is 10.6 Å². The van der Waals surface area contributed by atoms with E-state index in [0.29, 0.717) is 13.0 Å². The van der Waals surface area contributed by atoms with E-state index in [0.717, 1.165) is 23.2 Å². The van der Waals surface area contributed by atoms with E-state index in [1.54, 1.807) is 4.90 Å². The van der Waals surface area contributed by atoms with E-state index in [-0.39, 0.29) is 5.91 Å². The Kier molecular flexibility index (Phi) is 5.12. The molecule has 0 aliphatic heterocycles. The quantitative estimate of drug-likeness (QED) is 0.916. The molecule has 0 fully saturated rings. The summed E-state index contributed by atoms with van der Waals surface area (Å²) in [4.78, 5) is 14.4. The molecule has 2 rings (SSSR count). The summed E-state index contributed by atoms with van der Waals surface area (Å²) in [5.41, 5.74) is 9.52. The maximum atomic E-state index is 12.7. The van der Waals surface area contributed by atoms with Crippen molar-refractivity contribution in [3.8, 4) is 0 Å². The lowest BCUT2D eigenvalue weighted by molar-refractivity contribution is 0.0992. The van der Waals surface area contributed by atoms with Crippen molar-refractivity contribution >= 4 is 11.6 Å². The Balaban J connectivity index is 2.26. The van der Waals surface area contributed by atoms with Crippen molar-refractivity contribution in [3.63, 3.8) is 0 Å². The Bertz CT molecular complexity index is 605. The molecule has 2 N–H and O–H groups in total. The summed E-state index contributed by atoms with van der Waals surface area (Å²) in [5.74, 6) is 0.00305. The number of carbonyl (C=O) groups excluding carboxylic acids is 1. The van der Waals surface area contributed by atoms with Crippen LogP contribution in [0.5, 0.6) is 0 Å². The highest BCUT2D eigenvalue weighted by molar-refractivity contribution is 6.06. The fourth-order valence-corrected chi connectivity index (χ4v) is 2.36. The van der Waals surface area contributed by atoms with E-state index in [2.05, 4.69) is 19.1 Å². The van der Waals surface area contributed by atoms with E-state index in [9.17, 15) is 4.79 Å². The molecular formula is C18H22N2O. The third-order valence-electron chi connectivity index (χ3n) is 3.70. The van der Waals surface area contributed by atoms with Gasteiger partial charge in [0.2, 0.25) is 0 Å². The van der Waals surface area contributed by atoms with Crippen LogP contribution in [0.25, 0.3) is 0 Å². The molecule has 3 heteroatoms. The fraction of sp³-hybridized carbons (Fsp3) is 0.278. The second-order valence-electron chi connectivity index (χ2n) is 5.08. The zero-order valence-corrected chi connectivity index (χ0v) is 12.7. The number of hydrogen-bond acceptors (Lipinski definition) is 2. The molecule has 0 bridgehead atoms. The normalized spacial score (nSPS) is 10.4. The molecule has 0 aliphatic carbocycles. The number of carbonyl (C=O) groups is 1. The van der Waals surface area contributed by atoms with Crippen LogP contribution in [0.2, 0.25) is 0 Å². The molecule has 0 spiro atoms. The predicted octanol–water partition coefficient (Wildman–Crippen LogP) is 3.03. The molecule has 0 radical (unpaired) electrons. The van der Waals surface area contributed by atoms with Crippen LogP contribution in [0.4, 0.5) is 5.69 Å². The Morgan fingerprint density at radius 3 is 2.38 bits per heavy atom. The van der Waals surface area contributed by atoms with E-state index < -0.39 is 0 Å². The maximum Gasteiger partial charge on any atom is 0.258 e. The van der Waals surface area contributed by atoms with Crippen molar-refractivity contribution < 1.29 is 4.79 Å². The van der Waals surface area contributed by atoms with Gasteiger partial charge in [0.05, 0.1) is 0 Å². The van der Waals surface area contributed by atoms with Crippen molar-refractivity contribution in [2.75, 3.05) is 18.5 Å². The highest BCUT2D eigenvalue weighted by Crippen LogP contribution is 2.19. The molecule has 1 amide bonds. The molecule has 110 valence electrons. The van der Waals surface area contributed by atoms with E-state index in [1.807, 2.05) is 43.4 Å². The number of benzene rings is 2. The third kappa shape index (κ3) is 3.50. The van der Waals surface area contributed by atoms with Gasteiger partial charge in [-0.3, -0.25) is 4.79 Å². The minimum atomic E-state index is 0.00305. The summed E-state index contributed by atoms with van der Waals surface area (Å²) >= 11 is 0. The standard InChI is InChI=1S/C18H22N2O/c1-3-14-8-10-16(11-9-14)20(2)18(21)17-7-5-4-6-15(17)12-13-19/h4-11H,3,12-13,19H2,1-2H3. The largest absolute Gasteiger partial charge is 0.330 e. The van der Waals surface area contributed by atoms with Gasteiger partial charge in [-0.05, 0) is 48.7 Å². The number of amides is 1. The summed E-state index contributed by atoms with van der Waals surface area (Å²) in [6.45, 7) is 2.66. The zero-order valence-electron chi connectivity index (χ0n) is 12.7. The second kappa shape index (κ2) is 7.04. The molecule has 2 aromatic rings. The molecule has 3 nitrogen and oxygen atoms in total. The summed E-state index contributed by atoms with van der Waals surface area (Å²) in [6, 6.07) is 15.8. The summed E-state index contributed by atoms with van der Waals surface area (Å²) in [6.07, 6.45) is 1.71. The zero-order chi connectivity index (χ0) is 15.2. The Labute approximate surface area is 126 Å². The summed E-state index contributed by atoms with van der Waals surface area (Å²) in [5, 5.41) is 0. The average Bonchev–Trinajstić information content (AvgIpc) is 2.54. The van der Waals surface area contributed by atoms with Gasteiger partial charge in [-0.15, -0.1) is 0 Å². The molecule has 2 aromatic carbocycles. The maximum absolute atomic E-state index is 12.7. The smallest absolute Gasteiger partial charge is 0.258 e. The topological polar surface area (TPSA) is 46.3 Å². The fourth-order valence-electron chi connectivity index (χ4n) is 2.36. The van der Waals surface area contributed by atoms with Crippen LogP contribution >= 0.6 is 0 Å². The lowest BCUT2D eigenvalue weighted by atomic mass is 10.0. The number of hydrogen-bond donors (Lipinski definition) is 1. The molecule has 21 heavy (non-hydrogen) atoms. The summed E-state index contributed by atoms with van der Waals surface area (Å²) < 4.78 is 0. The molecule has 0 aliphatic rings. The first-order valence-electron chi connectivity index (χ1n) is 7.32. The van der Waals surface area contributed by atoms with Crippen molar-refractivity contribution in [1.29, 1.82) is 0 Å². The van der Waals surface area contributed by atoms with Gasteiger partial charge in [0, 0.05) is 18.3 Å². The van der Waals surface area contributed by atoms with Crippen LogP contribution in [-0.4, -0.2) is 19.5 Å². The Morgan fingerprint density at radius 2 is 1.76 bits per heavy atom. The Morgan fingerprint density at radius 1 is 1.10 bits per heavy atom.